The van der Waals surface area contributed by atoms with Gasteiger partial charge in [-0.25, -0.2) is 0 Å². The van der Waals surface area contributed by atoms with E-state index in [9.17, 15) is 8.42 Å². The third-order valence-corrected chi connectivity index (χ3v) is 5.93. The van der Waals surface area contributed by atoms with E-state index in [4.69, 9.17) is 0 Å². The van der Waals surface area contributed by atoms with Gasteiger partial charge >= 0.3 is 0 Å². The van der Waals surface area contributed by atoms with Crippen molar-refractivity contribution in [1.82, 2.24) is 13.9 Å². The smallest absolute Gasteiger partial charge is 0.281 e. The minimum atomic E-state index is -3.21. The Hall–Kier alpha value is -0.170. The Morgan fingerprint density at radius 1 is 1.16 bits per heavy atom. The van der Waals surface area contributed by atoms with Gasteiger partial charge in [0.15, 0.2) is 0 Å². The van der Waals surface area contributed by atoms with E-state index in [0.29, 0.717) is 38.0 Å². The Kier molecular flexibility index (Phi) is 5.22. The molecule has 2 saturated heterocycles. The maximum atomic E-state index is 12.6. The average molecular weight is 289 g/mol. The first-order valence-electron chi connectivity index (χ1n) is 7.46. The molecule has 2 heterocycles. The fourth-order valence-electron chi connectivity index (χ4n) is 2.95. The summed E-state index contributed by atoms with van der Waals surface area (Å²) in [7, 11) is -3.21. The van der Waals surface area contributed by atoms with Gasteiger partial charge in [-0.15, -0.1) is 0 Å². The summed E-state index contributed by atoms with van der Waals surface area (Å²) in [5, 5.41) is 3.33. The SMILES string of the molecule is CC(C)CN1CCCN(CC2CCNCC2)S1(=O)=O. The molecule has 1 N–H and O–H groups in total. The van der Waals surface area contributed by atoms with Crippen LogP contribution in [0.25, 0.3) is 0 Å². The first kappa shape index (κ1) is 15.2. The lowest BCUT2D eigenvalue weighted by molar-refractivity contribution is 0.230. The van der Waals surface area contributed by atoms with Crippen molar-refractivity contribution in [3.63, 3.8) is 0 Å². The lowest BCUT2D eigenvalue weighted by Crippen LogP contribution is -2.52. The van der Waals surface area contributed by atoms with Crippen LogP contribution in [0.1, 0.15) is 33.1 Å². The Labute approximate surface area is 117 Å². The van der Waals surface area contributed by atoms with E-state index < -0.39 is 10.2 Å². The molecule has 19 heavy (non-hydrogen) atoms. The topological polar surface area (TPSA) is 52.6 Å². The van der Waals surface area contributed by atoms with Crippen LogP contribution in [0.4, 0.5) is 0 Å². The first-order valence-corrected chi connectivity index (χ1v) is 8.86. The molecule has 0 spiro atoms. The van der Waals surface area contributed by atoms with Crippen molar-refractivity contribution < 1.29 is 8.42 Å². The summed E-state index contributed by atoms with van der Waals surface area (Å²) in [5.41, 5.74) is 0. The molecule has 2 rings (SSSR count). The molecule has 6 heteroatoms. The van der Waals surface area contributed by atoms with Crippen LogP contribution in [-0.4, -0.2) is 56.3 Å². The predicted octanol–water partition coefficient (Wildman–Crippen LogP) is 0.895. The standard InChI is InChI=1S/C13H27N3O2S/c1-12(2)10-15-8-3-9-16(19(15,17)18)11-13-4-6-14-7-5-13/h12-14H,3-11H2,1-2H3. The molecule has 0 bridgehead atoms. The van der Waals surface area contributed by atoms with E-state index >= 15 is 0 Å². The first-order chi connectivity index (χ1) is 9.00. The third-order valence-electron chi connectivity index (χ3n) is 3.96. The summed E-state index contributed by atoms with van der Waals surface area (Å²) in [6.45, 7) is 8.92. The number of hydrogen-bond donors (Lipinski definition) is 1. The third kappa shape index (κ3) is 3.90. The number of piperidine rings is 1. The fourth-order valence-corrected chi connectivity index (χ4v) is 4.88. The van der Waals surface area contributed by atoms with Crippen LogP contribution in [0.15, 0.2) is 0 Å². The lowest BCUT2D eigenvalue weighted by atomic mass is 9.98. The van der Waals surface area contributed by atoms with Crippen molar-refractivity contribution in [2.45, 2.75) is 33.1 Å². The number of hydrogen-bond acceptors (Lipinski definition) is 3. The van der Waals surface area contributed by atoms with Crippen LogP contribution in [0, 0.1) is 11.8 Å². The van der Waals surface area contributed by atoms with E-state index in [0.717, 1.165) is 32.4 Å². The zero-order chi connectivity index (χ0) is 13.9. The largest absolute Gasteiger partial charge is 0.317 e. The molecule has 0 aromatic carbocycles. The number of rotatable bonds is 4. The van der Waals surface area contributed by atoms with E-state index in [-0.39, 0.29) is 0 Å². The molecule has 0 radical (unpaired) electrons. The summed E-state index contributed by atoms with van der Waals surface area (Å²) in [4.78, 5) is 0. The summed E-state index contributed by atoms with van der Waals surface area (Å²) >= 11 is 0. The van der Waals surface area contributed by atoms with Crippen LogP contribution in [0.2, 0.25) is 0 Å². The van der Waals surface area contributed by atoms with Gasteiger partial charge in [0.05, 0.1) is 0 Å². The monoisotopic (exact) mass is 289 g/mol. The molecule has 0 atom stereocenters. The van der Waals surface area contributed by atoms with Crippen molar-refractivity contribution in [2.24, 2.45) is 11.8 Å². The predicted molar refractivity (Wildman–Crippen MR) is 77.1 cm³/mol. The second kappa shape index (κ2) is 6.52. The second-order valence-corrected chi connectivity index (χ2v) is 8.09. The zero-order valence-electron chi connectivity index (χ0n) is 12.1. The van der Waals surface area contributed by atoms with Gasteiger partial charge in [-0.3, -0.25) is 0 Å². The van der Waals surface area contributed by atoms with Crippen LogP contribution in [0.5, 0.6) is 0 Å². The van der Waals surface area contributed by atoms with Crippen LogP contribution < -0.4 is 5.32 Å². The molecule has 112 valence electrons. The summed E-state index contributed by atoms with van der Waals surface area (Å²) < 4.78 is 28.5. The normalized spacial score (nSPS) is 26.9. The molecule has 2 aliphatic heterocycles. The highest BCUT2D eigenvalue weighted by Crippen LogP contribution is 2.22. The minimum absolute atomic E-state index is 0.383. The molecular formula is C13H27N3O2S. The fraction of sp³-hybridized carbons (Fsp3) is 1.00. The van der Waals surface area contributed by atoms with Crippen LogP contribution in [-0.2, 0) is 10.2 Å². The Morgan fingerprint density at radius 3 is 2.42 bits per heavy atom. The van der Waals surface area contributed by atoms with Gasteiger partial charge in [0.2, 0.25) is 0 Å². The lowest BCUT2D eigenvalue weighted by Gasteiger charge is -2.37. The average Bonchev–Trinajstić information content (AvgIpc) is 2.35. The minimum Gasteiger partial charge on any atom is -0.317 e. The highest BCUT2D eigenvalue weighted by Gasteiger charge is 2.35. The van der Waals surface area contributed by atoms with Gasteiger partial charge in [-0.05, 0) is 44.2 Å². The molecule has 0 aromatic heterocycles. The molecule has 2 fully saturated rings. The highest BCUT2D eigenvalue weighted by atomic mass is 32.2. The van der Waals surface area contributed by atoms with Gasteiger partial charge < -0.3 is 5.32 Å². The van der Waals surface area contributed by atoms with Gasteiger partial charge in [-0.1, -0.05) is 13.8 Å². The molecule has 0 unspecified atom stereocenters. The Bertz CT molecular complexity index is 377. The Balaban J connectivity index is 1.99. The molecule has 2 aliphatic rings. The van der Waals surface area contributed by atoms with Crippen LogP contribution in [0.3, 0.4) is 0 Å². The van der Waals surface area contributed by atoms with Crippen molar-refractivity contribution in [3.05, 3.63) is 0 Å². The van der Waals surface area contributed by atoms with E-state index in [1.807, 2.05) is 0 Å². The molecule has 0 amide bonds. The summed E-state index contributed by atoms with van der Waals surface area (Å²) in [6.07, 6.45) is 3.14. The summed E-state index contributed by atoms with van der Waals surface area (Å²) in [6, 6.07) is 0. The number of nitrogens with one attached hydrogen (secondary N) is 1. The molecule has 0 aliphatic carbocycles. The molecule has 0 saturated carbocycles. The molecule has 5 nitrogen and oxygen atoms in total. The summed E-state index contributed by atoms with van der Waals surface area (Å²) in [5.74, 6) is 0.906. The van der Waals surface area contributed by atoms with Gasteiger partial charge in [-0.2, -0.15) is 17.0 Å². The van der Waals surface area contributed by atoms with E-state index in [1.54, 1.807) is 8.61 Å². The number of nitrogens with zero attached hydrogens (tertiary/aromatic N) is 2. The van der Waals surface area contributed by atoms with Crippen molar-refractivity contribution in [1.29, 1.82) is 0 Å². The maximum absolute atomic E-state index is 12.6. The maximum Gasteiger partial charge on any atom is 0.281 e. The van der Waals surface area contributed by atoms with Crippen molar-refractivity contribution in [3.8, 4) is 0 Å². The molecule has 0 aromatic rings. The van der Waals surface area contributed by atoms with Crippen molar-refractivity contribution in [2.75, 3.05) is 39.3 Å². The van der Waals surface area contributed by atoms with E-state index in [1.165, 1.54) is 0 Å². The highest BCUT2D eigenvalue weighted by molar-refractivity contribution is 7.86. The van der Waals surface area contributed by atoms with E-state index in [2.05, 4.69) is 19.2 Å². The van der Waals surface area contributed by atoms with Crippen molar-refractivity contribution >= 4 is 10.2 Å². The quantitative estimate of drug-likeness (QED) is 0.836. The second-order valence-electron chi connectivity index (χ2n) is 6.16. The van der Waals surface area contributed by atoms with Crippen LogP contribution >= 0.6 is 0 Å². The Morgan fingerprint density at radius 2 is 1.79 bits per heavy atom. The molecular weight excluding hydrogens is 262 g/mol. The van der Waals surface area contributed by atoms with Gasteiger partial charge in [0, 0.05) is 26.2 Å². The zero-order valence-corrected chi connectivity index (χ0v) is 13.0. The van der Waals surface area contributed by atoms with Gasteiger partial charge in [0.1, 0.15) is 0 Å². The van der Waals surface area contributed by atoms with Gasteiger partial charge in [0.25, 0.3) is 10.2 Å².